The van der Waals surface area contributed by atoms with Crippen molar-refractivity contribution in [1.82, 2.24) is 25.3 Å². The highest BCUT2D eigenvalue weighted by molar-refractivity contribution is 5.76. The van der Waals surface area contributed by atoms with E-state index in [2.05, 4.69) is 25.3 Å². The van der Waals surface area contributed by atoms with Crippen molar-refractivity contribution in [3.63, 3.8) is 0 Å². The number of carbonyl (C=O) groups excluding carboxylic acids is 2. The quantitative estimate of drug-likeness (QED) is 0.624. The number of nitrogens with one attached hydrogen (secondary N) is 1. The third-order valence-electron chi connectivity index (χ3n) is 5.12. The molecule has 2 heterocycles. The third-order valence-corrected chi connectivity index (χ3v) is 5.12. The van der Waals surface area contributed by atoms with Gasteiger partial charge in [-0.3, -0.25) is 14.8 Å². The van der Waals surface area contributed by atoms with Gasteiger partial charge in [-0.25, -0.2) is 14.8 Å². The van der Waals surface area contributed by atoms with E-state index in [-0.39, 0.29) is 24.6 Å². The van der Waals surface area contributed by atoms with Gasteiger partial charge in [-0.15, -0.1) is 0 Å². The molecule has 0 atom stereocenters. The van der Waals surface area contributed by atoms with Gasteiger partial charge in [-0.2, -0.15) is 8.78 Å². The molecule has 0 spiro atoms. The summed E-state index contributed by atoms with van der Waals surface area (Å²) in [6.07, 6.45) is 5.24. The van der Waals surface area contributed by atoms with Gasteiger partial charge in [0, 0.05) is 36.8 Å². The molecule has 12 heteroatoms. The number of aromatic nitrogens is 4. The number of ether oxygens (including phenoxy) is 2. The van der Waals surface area contributed by atoms with Crippen molar-refractivity contribution in [3.8, 4) is 17.3 Å². The molecule has 2 aromatic heterocycles. The minimum atomic E-state index is -3.31. The maximum Gasteiger partial charge on any atom is 0.404 e. The molecule has 3 N–H and O–H groups in total. The molecule has 1 saturated carbocycles. The first kappa shape index (κ1) is 23.2. The van der Waals surface area contributed by atoms with E-state index in [1.165, 1.54) is 25.7 Å². The van der Waals surface area contributed by atoms with E-state index < -0.39 is 30.0 Å². The number of rotatable bonds is 8. The summed E-state index contributed by atoms with van der Waals surface area (Å²) >= 11 is 0. The fourth-order valence-electron chi connectivity index (χ4n) is 3.41. The van der Waals surface area contributed by atoms with E-state index in [1.54, 1.807) is 0 Å². The lowest BCUT2D eigenvalue weighted by atomic mass is 9.93. The summed E-state index contributed by atoms with van der Waals surface area (Å²) in [5.74, 6) is -3.78. The highest BCUT2D eigenvalue weighted by Gasteiger charge is 2.34. The van der Waals surface area contributed by atoms with E-state index in [0.29, 0.717) is 36.9 Å². The normalized spacial score (nSPS) is 18.6. The smallest absolute Gasteiger partial charge is 0.404 e. The molecular formula is C20H24F2N6O4. The first-order chi connectivity index (χ1) is 15.3. The average Bonchev–Trinajstić information content (AvgIpc) is 2.79. The Morgan fingerprint density at radius 3 is 2.34 bits per heavy atom. The monoisotopic (exact) mass is 450 g/mol. The predicted molar refractivity (Wildman–Crippen MR) is 108 cm³/mol. The van der Waals surface area contributed by atoms with Gasteiger partial charge in [0.15, 0.2) is 0 Å². The Morgan fingerprint density at radius 2 is 1.78 bits per heavy atom. The van der Waals surface area contributed by atoms with Crippen molar-refractivity contribution in [2.45, 2.75) is 56.6 Å². The Bertz CT molecular complexity index is 919. The fourth-order valence-corrected chi connectivity index (χ4v) is 3.41. The molecule has 0 unspecified atom stereocenters. The van der Waals surface area contributed by atoms with Crippen molar-refractivity contribution >= 4 is 12.0 Å². The second kappa shape index (κ2) is 10.2. The van der Waals surface area contributed by atoms with E-state index >= 15 is 0 Å². The molecule has 1 aliphatic carbocycles. The number of carbonyl (C=O) groups is 2. The van der Waals surface area contributed by atoms with E-state index in [1.807, 2.05) is 0 Å². The van der Waals surface area contributed by atoms with Crippen LogP contribution in [-0.4, -0.2) is 51.2 Å². The molecule has 32 heavy (non-hydrogen) atoms. The highest BCUT2D eigenvalue weighted by atomic mass is 19.3. The number of methoxy groups -OCH3 is 1. The van der Waals surface area contributed by atoms with Crippen LogP contribution >= 0.6 is 0 Å². The average molecular weight is 450 g/mol. The van der Waals surface area contributed by atoms with Gasteiger partial charge in [-0.05, 0) is 25.7 Å². The Balaban J connectivity index is 1.49. The number of amides is 2. The molecule has 172 valence electrons. The Morgan fingerprint density at radius 1 is 1.09 bits per heavy atom. The lowest BCUT2D eigenvalue weighted by molar-refractivity contribution is -0.124. The zero-order valence-electron chi connectivity index (χ0n) is 17.5. The molecule has 10 nitrogen and oxygen atoms in total. The number of nitrogens with zero attached hydrogens (tertiary/aromatic N) is 4. The largest absolute Gasteiger partial charge is 0.467 e. The van der Waals surface area contributed by atoms with Crippen LogP contribution in [0.3, 0.4) is 0 Å². The van der Waals surface area contributed by atoms with Crippen LogP contribution in [0.15, 0.2) is 24.8 Å². The lowest BCUT2D eigenvalue weighted by Crippen LogP contribution is -2.40. The second-order valence-electron chi connectivity index (χ2n) is 7.43. The van der Waals surface area contributed by atoms with Crippen LogP contribution in [0.4, 0.5) is 13.6 Å². The molecule has 1 aliphatic rings. The van der Waals surface area contributed by atoms with Crippen molar-refractivity contribution in [2.75, 3.05) is 7.11 Å². The Hall–Kier alpha value is -3.44. The van der Waals surface area contributed by atoms with Crippen LogP contribution in [0, 0.1) is 0 Å². The molecule has 0 bridgehead atoms. The van der Waals surface area contributed by atoms with Gasteiger partial charge in [0.05, 0.1) is 25.2 Å². The SMILES string of the molecule is COc1ncc(-c2cnc(C(F)(F)CCC(=O)N[C@H]3CC[C@H](OC(N)=O)CC3)cn2)cn1. The minimum Gasteiger partial charge on any atom is -0.467 e. The zero-order chi connectivity index (χ0) is 23.1. The number of halogens is 2. The van der Waals surface area contributed by atoms with Crippen LogP contribution in [0.25, 0.3) is 11.3 Å². The van der Waals surface area contributed by atoms with Crippen molar-refractivity contribution in [1.29, 1.82) is 0 Å². The van der Waals surface area contributed by atoms with Crippen LogP contribution in [0.5, 0.6) is 6.01 Å². The molecule has 0 saturated heterocycles. The van der Waals surface area contributed by atoms with Crippen LogP contribution < -0.4 is 15.8 Å². The van der Waals surface area contributed by atoms with Crippen molar-refractivity contribution < 1.29 is 27.8 Å². The highest BCUT2D eigenvalue weighted by Crippen LogP contribution is 2.32. The lowest BCUT2D eigenvalue weighted by Gasteiger charge is -2.28. The summed E-state index contributed by atoms with van der Waals surface area (Å²) < 4.78 is 38.8. The molecule has 0 aromatic carbocycles. The van der Waals surface area contributed by atoms with E-state index in [4.69, 9.17) is 15.2 Å². The maximum atomic E-state index is 14.5. The Labute approximate surface area is 183 Å². The minimum absolute atomic E-state index is 0.144. The third kappa shape index (κ3) is 6.28. The summed E-state index contributed by atoms with van der Waals surface area (Å²) in [6.45, 7) is 0. The van der Waals surface area contributed by atoms with Gasteiger partial charge in [0.2, 0.25) is 5.91 Å². The summed E-state index contributed by atoms with van der Waals surface area (Å²) in [5, 5.41) is 2.75. The molecular weight excluding hydrogens is 426 g/mol. The van der Waals surface area contributed by atoms with Crippen LogP contribution in [0.2, 0.25) is 0 Å². The number of hydrogen-bond acceptors (Lipinski definition) is 8. The summed E-state index contributed by atoms with van der Waals surface area (Å²) in [7, 11) is 1.43. The molecule has 3 rings (SSSR count). The van der Waals surface area contributed by atoms with Gasteiger partial charge < -0.3 is 20.5 Å². The molecule has 2 amide bonds. The first-order valence-electron chi connectivity index (χ1n) is 10.1. The van der Waals surface area contributed by atoms with Crippen LogP contribution in [0.1, 0.15) is 44.2 Å². The molecule has 0 radical (unpaired) electrons. The first-order valence-corrected chi connectivity index (χ1v) is 10.1. The number of alkyl halides is 2. The molecule has 0 aliphatic heterocycles. The van der Waals surface area contributed by atoms with E-state index in [0.717, 1.165) is 6.20 Å². The molecule has 1 fully saturated rings. The van der Waals surface area contributed by atoms with Crippen LogP contribution in [-0.2, 0) is 15.5 Å². The second-order valence-corrected chi connectivity index (χ2v) is 7.43. The summed E-state index contributed by atoms with van der Waals surface area (Å²) in [4.78, 5) is 38.6. The summed E-state index contributed by atoms with van der Waals surface area (Å²) in [5.41, 5.74) is 5.31. The van der Waals surface area contributed by atoms with Crippen molar-refractivity contribution in [2.24, 2.45) is 5.73 Å². The summed E-state index contributed by atoms with van der Waals surface area (Å²) in [6, 6.07) is 0.0322. The van der Waals surface area contributed by atoms with Gasteiger partial charge in [0.1, 0.15) is 11.8 Å². The van der Waals surface area contributed by atoms with Gasteiger partial charge >= 0.3 is 12.1 Å². The Kier molecular flexibility index (Phi) is 7.44. The number of hydrogen-bond donors (Lipinski definition) is 2. The fraction of sp³-hybridized carbons (Fsp3) is 0.500. The molecule has 2 aromatic rings. The number of primary amides is 1. The van der Waals surface area contributed by atoms with Crippen molar-refractivity contribution in [3.05, 3.63) is 30.5 Å². The van der Waals surface area contributed by atoms with E-state index in [9.17, 15) is 18.4 Å². The number of nitrogens with two attached hydrogens (primary N) is 1. The standard InChI is InChI=1S/C20H24F2N6O4/c1-31-19-26-8-12(9-27-19)15-10-25-16(11-24-15)20(21,22)7-6-17(29)28-13-2-4-14(5-3-13)32-18(23)30/h8-11,13-14H,2-7H2,1H3,(H2,23,30)(H,28,29)/t13-,14-. The predicted octanol–water partition coefficient (Wildman–Crippen LogP) is 2.34. The maximum absolute atomic E-state index is 14.5. The van der Waals surface area contributed by atoms with Gasteiger partial charge in [0.25, 0.3) is 5.92 Å². The zero-order valence-corrected chi connectivity index (χ0v) is 17.5. The topological polar surface area (TPSA) is 142 Å². The van der Waals surface area contributed by atoms with Gasteiger partial charge in [-0.1, -0.05) is 0 Å².